The van der Waals surface area contributed by atoms with Crippen LogP contribution in [0.1, 0.15) is 50.9 Å². The van der Waals surface area contributed by atoms with E-state index < -0.39 is 57.6 Å². The zero-order valence-electron chi connectivity index (χ0n) is 16.0. The second-order valence-electron chi connectivity index (χ2n) is 7.53. The molecule has 1 atom stereocenters. The van der Waals surface area contributed by atoms with Gasteiger partial charge in [0, 0.05) is 12.1 Å². The Balaban J connectivity index is 2.25. The highest BCUT2D eigenvalue weighted by Gasteiger charge is 2.41. The number of rotatable bonds is 5. The van der Waals surface area contributed by atoms with Crippen LogP contribution in [0.2, 0.25) is 0 Å². The van der Waals surface area contributed by atoms with E-state index in [0.29, 0.717) is 12.8 Å². The number of hydrogen-bond donors (Lipinski definition) is 1. The smallest absolute Gasteiger partial charge is 0.408 e. The molecule has 0 aromatic heterocycles. The molecule has 1 aromatic carbocycles. The predicted octanol–water partition coefficient (Wildman–Crippen LogP) is 2.78. The number of hydrogen-bond acceptors (Lipinski definition) is 6. The van der Waals surface area contributed by atoms with E-state index in [1.807, 2.05) is 0 Å². The molecule has 1 aliphatic carbocycles. The molecular weight excluding hydrogens is 373 g/mol. The van der Waals surface area contributed by atoms with E-state index in [-0.39, 0.29) is 0 Å². The Morgan fingerprint density at radius 2 is 1.93 bits per heavy atom. The normalized spacial score (nSPS) is 14.8. The lowest BCUT2D eigenvalue weighted by molar-refractivity contribution is -0.385. The van der Waals surface area contributed by atoms with Crippen molar-refractivity contribution in [2.75, 3.05) is 0 Å². The van der Waals surface area contributed by atoms with E-state index in [4.69, 9.17) is 4.74 Å². The number of nitro groups is 1. The molecule has 3 amide bonds. The standard InChI is InChI=1S/C18H22FN3O6/c1-10(20-17(25)28-18(2,3)4)15(23)21(12-6-7-12)16(24)13-9-11(19)5-8-14(13)22(26)27/h5,8-10,12H,6-7H2,1-4H3,(H,20,25)/t10-/m0/s1. The predicted molar refractivity (Wildman–Crippen MR) is 96.1 cm³/mol. The number of nitrogens with zero attached hydrogens (tertiary/aromatic N) is 2. The first-order valence-electron chi connectivity index (χ1n) is 8.71. The van der Waals surface area contributed by atoms with Crippen molar-refractivity contribution < 1.29 is 28.4 Å². The quantitative estimate of drug-likeness (QED) is 0.605. The maximum absolute atomic E-state index is 13.6. The maximum Gasteiger partial charge on any atom is 0.408 e. The molecule has 0 spiro atoms. The first-order valence-corrected chi connectivity index (χ1v) is 8.71. The van der Waals surface area contributed by atoms with Gasteiger partial charge in [-0.3, -0.25) is 24.6 Å². The highest BCUT2D eigenvalue weighted by atomic mass is 19.1. The van der Waals surface area contributed by atoms with Gasteiger partial charge in [-0.25, -0.2) is 9.18 Å². The van der Waals surface area contributed by atoms with Gasteiger partial charge in [0.25, 0.3) is 17.5 Å². The number of nitro benzene ring substituents is 1. The lowest BCUT2D eigenvalue weighted by Crippen LogP contribution is -2.51. The zero-order valence-corrected chi connectivity index (χ0v) is 16.0. The second-order valence-corrected chi connectivity index (χ2v) is 7.53. The minimum atomic E-state index is -1.12. The van der Waals surface area contributed by atoms with Gasteiger partial charge in [0.05, 0.1) is 4.92 Å². The molecule has 1 N–H and O–H groups in total. The summed E-state index contributed by atoms with van der Waals surface area (Å²) >= 11 is 0. The molecule has 1 aromatic rings. The summed E-state index contributed by atoms with van der Waals surface area (Å²) in [4.78, 5) is 48.7. The van der Waals surface area contributed by atoms with Crippen molar-refractivity contribution in [1.29, 1.82) is 0 Å². The van der Waals surface area contributed by atoms with Crippen LogP contribution >= 0.6 is 0 Å². The van der Waals surface area contributed by atoms with Crippen LogP contribution in [-0.4, -0.2) is 45.4 Å². The summed E-state index contributed by atoms with van der Waals surface area (Å²) < 4.78 is 18.7. The third kappa shape index (κ3) is 5.24. The van der Waals surface area contributed by atoms with Crippen molar-refractivity contribution >= 4 is 23.6 Å². The summed E-state index contributed by atoms with van der Waals surface area (Å²) in [6, 6.07) is 0.901. The maximum atomic E-state index is 13.6. The SMILES string of the molecule is C[C@H](NC(=O)OC(C)(C)C)C(=O)N(C(=O)c1cc(F)ccc1[N+](=O)[O-])C1CC1. The summed E-state index contributed by atoms with van der Waals surface area (Å²) in [7, 11) is 0. The van der Waals surface area contributed by atoms with Crippen LogP contribution in [0, 0.1) is 15.9 Å². The van der Waals surface area contributed by atoms with Crippen LogP contribution in [0.4, 0.5) is 14.9 Å². The average Bonchev–Trinajstić information content (AvgIpc) is 3.37. The van der Waals surface area contributed by atoms with Crippen molar-refractivity contribution in [2.45, 2.75) is 58.2 Å². The number of carbonyl (C=O) groups excluding carboxylic acids is 3. The number of amides is 3. The number of benzene rings is 1. The molecule has 0 saturated heterocycles. The Labute approximate surface area is 161 Å². The molecule has 10 heteroatoms. The first-order chi connectivity index (χ1) is 12.9. The molecule has 1 aliphatic rings. The molecule has 0 aliphatic heterocycles. The van der Waals surface area contributed by atoms with E-state index in [0.717, 1.165) is 23.1 Å². The zero-order chi connectivity index (χ0) is 21.2. The average molecular weight is 395 g/mol. The summed E-state index contributed by atoms with van der Waals surface area (Å²) in [5, 5.41) is 13.5. The fourth-order valence-corrected chi connectivity index (χ4v) is 2.50. The van der Waals surface area contributed by atoms with Crippen LogP contribution in [0.3, 0.4) is 0 Å². The van der Waals surface area contributed by atoms with Crippen LogP contribution in [-0.2, 0) is 9.53 Å². The van der Waals surface area contributed by atoms with Crippen LogP contribution in [0.5, 0.6) is 0 Å². The first kappa shape index (κ1) is 21.3. The van der Waals surface area contributed by atoms with Crippen molar-refractivity contribution in [3.05, 3.63) is 39.7 Å². The highest BCUT2D eigenvalue weighted by Crippen LogP contribution is 2.31. The van der Waals surface area contributed by atoms with Gasteiger partial charge >= 0.3 is 6.09 Å². The fourth-order valence-electron chi connectivity index (χ4n) is 2.50. The number of carbonyl (C=O) groups is 3. The molecule has 0 heterocycles. The van der Waals surface area contributed by atoms with Gasteiger partial charge in [0.1, 0.15) is 23.0 Å². The summed E-state index contributed by atoms with van der Waals surface area (Å²) in [6.07, 6.45) is 0.216. The minimum absolute atomic E-state index is 0.453. The molecule has 9 nitrogen and oxygen atoms in total. The molecular formula is C18H22FN3O6. The van der Waals surface area contributed by atoms with E-state index in [1.165, 1.54) is 6.92 Å². The van der Waals surface area contributed by atoms with Crippen LogP contribution < -0.4 is 5.32 Å². The Hall–Kier alpha value is -3.04. The van der Waals surface area contributed by atoms with Crippen molar-refractivity contribution in [2.24, 2.45) is 0 Å². The van der Waals surface area contributed by atoms with Gasteiger partial charge in [-0.15, -0.1) is 0 Å². The molecule has 0 unspecified atom stereocenters. The topological polar surface area (TPSA) is 119 Å². The molecule has 1 saturated carbocycles. The molecule has 28 heavy (non-hydrogen) atoms. The van der Waals surface area contributed by atoms with Crippen molar-refractivity contribution in [3.63, 3.8) is 0 Å². The number of nitrogens with one attached hydrogen (secondary N) is 1. The molecule has 2 rings (SSSR count). The van der Waals surface area contributed by atoms with E-state index in [1.54, 1.807) is 20.8 Å². The fraction of sp³-hybridized carbons (Fsp3) is 0.500. The largest absolute Gasteiger partial charge is 0.444 e. The Kier molecular flexibility index (Phi) is 6.01. The third-order valence-electron chi connectivity index (χ3n) is 3.86. The molecule has 1 fully saturated rings. The van der Waals surface area contributed by atoms with Gasteiger partial charge in [-0.1, -0.05) is 0 Å². The molecule has 0 bridgehead atoms. The van der Waals surface area contributed by atoms with Crippen molar-refractivity contribution in [1.82, 2.24) is 10.2 Å². The second kappa shape index (κ2) is 7.91. The Morgan fingerprint density at radius 1 is 1.32 bits per heavy atom. The summed E-state index contributed by atoms with van der Waals surface area (Å²) in [5.74, 6) is -2.56. The Bertz CT molecular complexity index is 816. The van der Waals surface area contributed by atoms with Gasteiger partial charge in [0.2, 0.25) is 0 Å². The van der Waals surface area contributed by atoms with E-state index in [9.17, 15) is 28.9 Å². The summed E-state index contributed by atoms with van der Waals surface area (Å²) in [5.41, 5.74) is -1.89. The Morgan fingerprint density at radius 3 is 2.43 bits per heavy atom. The number of ether oxygens (including phenoxy) is 1. The van der Waals surface area contributed by atoms with E-state index in [2.05, 4.69) is 5.32 Å². The van der Waals surface area contributed by atoms with Crippen LogP contribution in [0.25, 0.3) is 0 Å². The number of alkyl carbamates (subject to hydrolysis) is 1. The minimum Gasteiger partial charge on any atom is -0.444 e. The lowest BCUT2D eigenvalue weighted by atomic mass is 10.1. The van der Waals surface area contributed by atoms with Gasteiger partial charge in [-0.2, -0.15) is 0 Å². The van der Waals surface area contributed by atoms with Gasteiger partial charge in [-0.05, 0) is 52.7 Å². The molecule has 0 radical (unpaired) electrons. The highest BCUT2D eigenvalue weighted by molar-refractivity contribution is 6.09. The summed E-state index contributed by atoms with van der Waals surface area (Å²) in [6.45, 7) is 6.33. The number of imide groups is 1. The van der Waals surface area contributed by atoms with Gasteiger partial charge < -0.3 is 10.1 Å². The lowest BCUT2D eigenvalue weighted by Gasteiger charge is -2.26. The third-order valence-corrected chi connectivity index (χ3v) is 3.86. The van der Waals surface area contributed by atoms with Gasteiger partial charge in [0.15, 0.2) is 0 Å². The number of halogens is 1. The van der Waals surface area contributed by atoms with Crippen molar-refractivity contribution in [3.8, 4) is 0 Å². The van der Waals surface area contributed by atoms with E-state index >= 15 is 0 Å². The molecule has 152 valence electrons. The monoisotopic (exact) mass is 395 g/mol. The van der Waals surface area contributed by atoms with Crippen LogP contribution in [0.15, 0.2) is 18.2 Å².